The number of ether oxygens (including phenoxy) is 4. The molecule has 6 rings (SSSR count). The van der Waals surface area contributed by atoms with E-state index < -0.39 is 46.5 Å². The predicted octanol–water partition coefficient (Wildman–Crippen LogP) is 6.52. The maximum absolute atomic E-state index is 16.0. The van der Waals surface area contributed by atoms with E-state index in [0.29, 0.717) is 17.5 Å². The number of halogens is 3. The lowest BCUT2D eigenvalue weighted by atomic mass is 9.89. The van der Waals surface area contributed by atoms with Gasteiger partial charge in [0.1, 0.15) is 36.7 Å². The van der Waals surface area contributed by atoms with Crippen molar-refractivity contribution in [2.24, 2.45) is 0 Å². The average Bonchev–Trinajstić information content (AvgIpc) is 3.76. The van der Waals surface area contributed by atoms with E-state index in [0.717, 1.165) is 50.9 Å². The zero-order valence-electron chi connectivity index (χ0n) is 33.4. The first-order valence-corrected chi connectivity index (χ1v) is 20.6. The monoisotopic (exact) mass is 844 g/mol. The third-order valence-corrected chi connectivity index (χ3v) is 11.8. The minimum absolute atomic E-state index is 0.0825. The highest BCUT2D eigenvalue weighted by Crippen LogP contribution is 2.42. The lowest BCUT2D eigenvalue weighted by molar-refractivity contribution is -0.146. The lowest BCUT2D eigenvalue weighted by Gasteiger charge is -2.40. The van der Waals surface area contributed by atoms with E-state index in [1.807, 2.05) is 6.07 Å². The van der Waals surface area contributed by atoms with Crippen LogP contribution in [-0.4, -0.2) is 106 Å². The zero-order chi connectivity index (χ0) is 42.5. The molecule has 2 aliphatic rings. The highest BCUT2D eigenvalue weighted by Gasteiger charge is 2.47. The number of rotatable bonds is 17. The molecule has 12 nitrogen and oxygen atoms in total. The molecule has 2 saturated heterocycles. The number of nitrogens with zero attached hydrogens (tertiary/aromatic N) is 6. The normalized spacial score (nSPS) is 19.2. The minimum atomic E-state index is -1.79. The summed E-state index contributed by atoms with van der Waals surface area (Å²) in [7, 11) is 2.09. The van der Waals surface area contributed by atoms with Gasteiger partial charge in [0.05, 0.1) is 42.2 Å². The van der Waals surface area contributed by atoms with Crippen LogP contribution in [0.5, 0.6) is 0 Å². The van der Waals surface area contributed by atoms with Gasteiger partial charge >= 0.3 is 11.9 Å². The number of carbonyl (C=O) groups is 2. The Morgan fingerprint density at radius 1 is 1.03 bits per heavy atom. The van der Waals surface area contributed by atoms with Crippen molar-refractivity contribution in [2.45, 2.75) is 55.3 Å². The number of nitriles is 1. The number of piperazine rings is 1. The van der Waals surface area contributed by atoms with Crippen molar-refractivity contribution in [1.82, 2.24) is 24.6 Å². The quantitative estimate of drug-likeness (QED) is 0.0847. The first-order chi connectivity index (χ1) is 29.0. The van der Waals surface area contributed by atoms with Gasteiger partial charge in [-0.3, -0.25) is 4.79 Å². The summed E-state index contributed by atoms with van der Waals surface area (Å²) < 4.78 is 70.0. The summed E-state index contributed by atoms with van der Waals surface area (Å²) in [5.74, 6) is -3.46. The Morgan fingerprint density at radius 2 is 1.82 bits per heavy atom. The van der Waals surface area contributed by atoms with Crippen molar-refractivity contribution in [3.8, 4) is 6.07 Å². The summed E-state index contributed by atoms with van der Waals surface area (Å²) in [5, 5.41) is 12.2. The molecule has 0 amide bonds. The van der Waals surface area contributed by atoms with E-state index in [1.165, 1.54) is 47.3 Å². The van der Waals surface area contributed by atoms with Crippen molar-refractivity contribution in [3.63, 3.8) is 0 Å². The zero-order valence-corrected chi connectivity index (χ0v) is 34.2. The summed E-state index contributed by atoms with van der Waals surface area (Å²) in [6.45, 7) is 6.47. The minimum Gasteiger partial charge on any atom is -0.461 e. The Hall–Kier alpha value is -5.31. The van der Waals surface area contributed by atoms with Crippen LogP contribution in [0.15, 0.2) is 91.5 Å². The molecule has 0 spiro atoms. The Labute approximate surface area is 351 Å². The molecule has 0 radical (unpaired) electrons. The highest BCUT2D eigenvalue weighted by molar-refractivity contribution is 8.00. The fraction of sp³-hybridized carbons (Fsp3) is 0.386. The van der Waals surface area contributed by atoms with Crippen LogP contribution in [0.25, 0.3) is 6.08 Å². The second kappa shape index (κ2) is 21.3. The van der Waals surface area contributed by atoms with E-state index in [1.54, 1.807) is 55.5 Å². The molecule has 2 aliphatic heterocycles. The molecular weight excluding hydrogens is 798 g/mol. The standard InChI is InChI=1S/C44H47F3N6O6S/c1-31(60-36-26-57-42(58-27-36)12-6-4-8-33-14-13-32(24-48)22-39(33)46)44(28-53-30-49-29-50-53,38-16-15-35(45)23-40(38)47)59-43(55)37-10-5-3-9-34(37)25-56-41(54)11-7-17-52-20-18-51(2)19-21-52/h3-6,8-10,12-16,22-23,29-31,36,42H,7,11,17-21,25-28H2,1-2H3/t31-,36?,42?,44-/m1/s1. The number of aromatic nitrogens is 3. The summed E-state index contributed by atoms with van der Waals surface area (Å²) in [5.41, 5.74) is -0.819. The van der Waals surface area contributed by atoms with Crippen LogP contribution < -0.4 is 0 Å². The number of hydrogen-bond acceptors (Lipinski definition) is 12. The van der Waals surface area contributed by atoms with Crippen molar-refractivity contribution >= 4 is 29.8 Å². The smallest absolute Gasteiger partial charge is 0.339 e. The van der Waals surface area contributed by atoms with E-state index in [2.05, 4.69) is 26.9 Å². The summed E-state index contributed by atoms with van der Waals surface area (Å²) in [6.07, 6.45) is 9.38. The molecule has 0 saturated carbocycles. The van der Waals surface area contributed by atoms with Crippen LogP contribution in [0, 0.1) is 28.8 Å². The van der Waals surface area contributed by atoms with E-state index in [-0.39, 0.29) is 54.7 Å². The molecule has 3 heterocycles. The van der Waals surface area contributed by atoms with Crippen molar-refractivity contribution in [3.05, 3.63) is 137 Å². The topological polar surface area (TPSA) is 132 Å². The van der Waals surface area contributed by atoms with Crippen LogP contribution in [0.4, 0.5) is 13.2 Å². The maximum atomic E-state index is 16.0. The number of benzene rings is 3. The van der Waals surface area contributed by atoms with Crippen LogP contribution in [0.3, 0.4) is 0 Å². The van der Waals surface area contributed by atoms with Gasteiger partial charge in [0.15, 0.2) is 11.9 Å². The number of carbonyl (C=O) groups excluding carboxylic acids is 2. The predicted molar refractivity (Wildman–Crippen MR) is 219 cm³/mol. The molecule has 3 aromatic carbocycles. The van der Waals surface area contributed by atoms with Gasteiger partial charge in [0, 0.05) is 60.6 Å². The van der Waals surface area contributed by atoms with Gasteiger partial charge in [-0.25, -0.2) is 27.6 Å². The van der Waals surface area contributed by atoms with Gasteiger partial charge in [-0.2, -0.15) is 10.4 Å². The van der Waals surface area contributed by atoms with E-state index >= 15 is 4.39 Å². The Bertz CT molecular complexity index is 2170. The molecule has 2 fully saturated rings. The van der Waals surface area contributed by atoms with E-state index in [4.69, 9.17) is 24.2 Å². The van der Waals surface area contributed by atoms with E-state index in [9.17, 15) is 18.4 Å². The summed E-state index contributed by atoms with van der Waals surface area (Å²) in [4.78, 5) is 35.8. The second-order valence-corrected chi connectivity index (χ2v) is 16.2. The molecule has 2 atom stereocenters. The second-order valence-electron chi connectivity index (χ2n) is 14.6. The summed E-state index contributed by atoms with van der Waals surface area (Å²) >= 11 is 1.34. The fourth-order valence-corrected chi connectivity index (χ4v) is 8.30. The van der Waals surface area contributed by atoms with Gasteiger partial charge in [-0.05, 0) is 63.3 Å². The molecule has 16 heteroatoms. The largest absolute Gasteiger partial charge is 0.461 e. The highest BCUT2D eigenvalue weighted by atomic mass is 32.2. The Kier molecular flexibility index (Phi) is 15.7. The molecule has 0 aliphatic carbocycles. The molecule has 0 bridgehead atoms. The van der Waals surface area contributed by atoms with Crippen molar-refractivity contribution in [2.75, 3.05) is 53.0 Å². The van der Waals surface area contributed by atoms with Crippen LogP contribution in [-0.2, 0) is 42.5 Å². The summed E-state index contributed by atoms with van der Waals surface area (Å²) in [6, 6.07) is 15.8. The maximum Gasteiger partial charge on any atom is 0.339 e. The number of likely N-dealkylation sites (N-methyl/N-ethyl adjacent to an activating group) is 1. The average molecular weight is 845 g/mol. The molecule has 60 heavy (non-hydrogen) atoms. The molecule has 1 aromatic heterocycles. The van der Waals surface area contributed by atoms with Gasteiger partial charge in [0.2, 0.25) is 0 Å². The SMILES string of the molecule is C[C@@H](SC1COC(C=CC=Cc2ccc(C#N)cc2F)OC1)[C@@](Cn1cncn1)(OC(=O)c1ccccc1COC(=O)CCCN1CCN(C)CC1)c1ccc(F)cc1F. The van der Waals surface area contributed by atoms with Crippen LogP contribution >= 0.6 is 11.8 Å². The Balaban J connectivity index is 1.15. The molecular formula is C44H47F3N6O6S. The van der Waals surface area contributed by atoms with Gasteiger partial charge in [0.25, 0.3) is 0 Å². The third-order valence-electron chi connectivity index (χ3n) is 10.3. The van der Waals surface area contributed by atoms with Crippen LogP contribution in [0.1, 0.15) is 52.4 Å². The number of esters is 2. The Morgan fingerprint density at radius 3 is 2.53 bits per heavy atom. The van der Waals surface area contributed by atoms with Crippen LogP contribution in [0.2, 0.25) is 0 Å². The van der Waals surface area contributed by atoms with Crippen molar-refractivity contribution < 1.29 is 41.7 Å². The van der Waals surface area contributed by atoms with Gasteiger partial charge in [-0.1, -0.05) is 42.5 Å². The molecule has 316 valence electrons. The molecule has 0 N–H and O–H groups in total. The molecule has 4 aromatic rings. The van der Waals surface area contributed by atoms with Crippen molar-refractivity contribution in [1.29, 1.82) is 5.26 Å². The lowest BCUT2D eigenvalue weighted by Crippen LogP contribution is -2.47. The third kappa shape index (κ3) is 11.9. The first kappa shape index (κ1) is 44.2. The number of allylic oxidation sites excluding steroid dienone is 2. The van der Waals surface area contributed by atoms with Gasteiger partial charge in [-0.15, -0.1) is 11.8 Å². The first-order valence-electron chi connectivity index (χ1n) is 19.6. The fourth-order valence-electron chi connectivity index (χ4n) is 6.94. The number of thioether (sulfide) groups is 1. The number of hydrogen-bond donors (Lipinski definition) is 0. The van der Waals surface area contributed by atoms with Gasteiger partial charge < -0.3 is 28.7 Å². The molecule has 0 unspecified atom stereocenters.